The van der Waals surface area contributed by atoms with Gasteiger partial charge in [0.05, 0.1) is 18.5 Å². The first-order valence-electron chi connectivity index (χ1n) is 5.59. The molecular formula is C10H21NO3S. The second-order valence-electron chi connectivity index (χ2n) is 4.53. The van der Waals surface area contributed by atoms with E-state index in [1.165, 1.54) is 19.3 Å². The van der Waals surface area contributed by atoms with Crippen LogP contribution in [0.1, 0.15) is 39.0 Å². The summed E-state index contributed by atoms with van der Waals surface area (Å²) >= 11 is 0. The lowest BCUT2D eigenvalue weighted by Crippen LogP contribution is -2.26. The average molecular weight is 235 g/mol. The number of ether oxygens (including phenoxy) is 1. The van der Waals surface area contributed by atoms with Crippen LogP contribution in [0.4, 0.5) is 0 Å². The summed E-state index contributed by atoms with van der Waals surface area (Å²) in [6, 6.07) is 0. The molecule has 2 N–H and O–H groups in total. The van der Waals surface area contributed by atoms with Gasteiger partial charge in [-0.3, -0.25) is 0 Å². The van der Waals surface area contributed by atoms with Crippen LogP contribution in [0.15, 0.2) is 0 Å². The highest BCUT2D eigenvalue weighted by Crippen LogP contribution is 2.20. The third kappa shape index (κ3) is 6.12. The molecule has 1 rings (SSSR count). The van der Waals surface area contributed by atoms with Crippen LogP contribution >= 0.6 is 0 Å². The second kappa shape index (κ2) is 5.82. The van der Waals surface area contributed by atoms with Gasteiger partial charge in [-0.05, 0) is 18.8 Å². The number of primary sulfonamides is 1. The third-order valence-electron chi connectivity index (χ3n) is 2.69. The van der Waals surface area contributed by atoms with Crippen molar-refractivity contribution in [2.45, 2.75) is 45.1 Å². The quantitative estimate of drug-likeness (QED) is 0.780. The predicted octanol–water partition coefficient (Wildman–Crippen LogP) is 1.26. The summed E-state index contributed by atoms with van der Waals surface area (Å²) < 4.78 is 27.3. The van der Waals surface area contributed by atoms with E-state index in [9.17, 15) is 8.42 Å². The van der Waals surface area contributed by atoms with Gasteiger partial charge < -0.3 is 4.74 Å². The number of hydrogen-bond acceptors (Lipinski definition) is 3. The monoisotopic (exact) mass is 235 g/mol. The van der Waals surface area contributed by atoms with Gasteiger partial charge in [-0.15, -0.1) is 0 Å². The van der Waals surface area contributed by atoms with Gasteiger partial charge in [0.25, 0.3) is 0 Å². The van der Waals surface area contributed by atoms with Crippen LogP contribution in [0, 0.1) is 5.92 Å². The first kappa shape index (κ1) is 12.9. The fourth-order valence-corrected chi connectivity index (χ4v) is 2.87. The van der Waals surface area contributed by atoms with Crippen LogP contribution in [0.3, 0.4) is 0 Å². The molecule has 0 aromatic rings. The van der Waals surface area contributed by atoms with E-state index in [-0.39, 0.29) is 11.7 Å². The van der Waals surface area contributed by atoms with Crippen molar-refractivity contribution >= 4 is 10.0 Å². The Hall–Kier alpha value is -0.130. The van der Waals surface area contributed by atoms with Crippen molar-refractivity contribution < 1.29 is 13.2 Å². The van der Waals surface area contributed by atoms with Crippen molar-refractivity contribution in [2.75, 3.05) is 12.4 Å². The lowest BCUT2D eigenvalue weighted by molar-refractivity contribution is 0.0142. The lowest BCUT2D eigenvalue weighted by atomic mass is 9.98. The normalized spacial score (nSPS) is 21.5. The minimum Gasteiger partial charge on any atom is -0.378 e. The van der Waals surface area contributed by atoms with E-state index in [2.05, 4.69) is 0 Å². The maximum absolute atomic E-state index is 10.8. The van der Waals surface area contributed by atoms with Crippen molar-refractivity contribution in [3.8, 4) is 0 Å². The molecule has 1 aliphatic rings. The van der Waals surface area contributed by atoms with Crippen molar-refractivity contribution in [3.63, 3.8) is 0 Å². The zero-order chi connectivity index (χ0) is 11.3. The fourth-order valence-electron chi connectivity index (χ4n) is 1.98. The van der Waals surface area contributed by atoms with Crippen LogP contribution in [-0.2, 0) is 14.8 Å². The van der Waals surface area contributed by atoms with E-state index in [4.69, 9.17) is 9.88 Å². The zero-order valence-corrected chi connectivity index (χ0v) is 10.1. The molecule has 0 amide bonds. The van der Waals surface area contributed by atoms with Gasteiger partial charge in [0, 0.05) is 0 Å². The molecule has 4 nitrogen and oxygen atoms in total. The molecule has 90 valence electrons. The standard InChI is InChI=1S/C10H21NO3S/c1-9(8-15(11,12)13)7-14-10-5-3-2-4-6-10/h9-10H,2-8H2,1H3,(H2,11,12,13). The van der Waals surface area contributed by atoms with Gasteiger partial charge >= 0.3 is 0 Å². The topological polar surface area (TPSA) is 69.4 Å². The first-order chi connectivity index (χ1) is 6.97. The summed E-state index contributed by atoms with van der Waals surface area (Å²) in [5.74, 6) is 0.00151. The zero-order valence-electron chi connectivity index (χ0n) is 9.31. The molecule has 0 radical (unpaired) electrons. The highest BCUT2D eigenvalue weighted by molar-refractivity contribution is 7.89. The summed E-state index contributed by atoms with van der Waals surface area (Å²) in [5, 5.41) is 4.96. The van der Waals surface area contributed by atoms with Crippen LogP contribution in [-0.4, -0.2) is 26.9 Å². The summed E-state index contributed by atoms with van der Waals surface area (Å²) in [6.07, 6.45) is 6.32. The van der Waals surface area contributed by atoms with Crippen LogP contribution < -0.4 is 5.14 Å². The summed E-state index contributed by atoms with van der Waals surface area (Å²) in [4.78, 5) is 0. The molecule has 0 saturated heterocycles. The lowest BCUT2D eigenvalue weighted by Gasteiger charge is -2.23. The molecule has 0 bridgehead atoms. The largest absolute Gasteiger partial charge is 0.378 e. The maximum atomic E-state index is 10.8. The molecule has 1 atom stereocenters. The minimum absolute atomic E-state index is 0.0121. The fraction of sp³-hybridized carbons (Fsp3) is 1.00. The number of rotatable bonds is 5. The minimum atomic E-state index is -3.36. The SMILES string of the molecule is CC(COC1CCCCC1)CS(N)(=O)=O. The summed E-state index contributed by atoms with van der Waals surface area (Å²) in [5.41, 5.74) is 0. The van der Waals surface area contributed by atoms with E-state index in [0.29, 0.717) is 12.7 Å². The summed E-state index contributed by atoms with van der Waals surface area (Å²) in [6.45, 7) is 2.36. The molecule has 5 heteroatoms. The maximum Gasteiger partial charge on any atom is 0.209 e. The Morgan fingerprint density at radius 2 is 1.93 bits per heavy atom. The number of hydrogen-bond donors (Lipinski definition) is 1. The molecule has 0 aromatic heterocycles. The Balaban J connectivity index is 2.18. The van der Waals surface area contributed by atoms with Gasteiger partial charge in [0.15, 0.2) is 0 Å². The van der Waals surface area contributed by atoms with Gasteiger partial charge in [0.2, 0.25) is 10.0 Å². The highest BCUT2D eigenvalue weighted by Gasteiger charge is 2.16. The van der Waals surface area contributed by atoms with Crippen LogP contribution in [0.25, 0.3) is 0 Å². The van der Waals surface area contributed by atoms with Crippen molar-refractivity contribution in [3.05, 3.63) is 0 Å². The third-order valence-corrected chi connectivity index (χ3v) is 3.72. The predicted molar refractivity (Wildman–Crippen MR) is 60.0 cm³/mol. The Labute approximate surface area is 92.2 Å². The average Bonchev–Trinajstić information content (AvgIpc) is 2.14. The molecule has 0 heterocycles. The number of sulfonamides is 1. The van der Waals surface area contributed by atoms with E-state index in [0.717, 1.165) is 12.8 Å². The van der Waals surface area contributed by atoms with Crippen molar-refractivity contribution in [1.82, 2.24) is 0 Å². The van der Waals surface area contributed by atoms with Crippen LogP contribution in [0.5, 0.6) is 0 Å². The molecule has 1 fully saturated rings. The van der Waals surface area contributed by atoms with Gasteiger partial charge in [-0.2, -0.15) is 0 Å². The van der Waals surface area contributed by atoms with Gasteiger partial charge in [-0.1, -0.05) is 26.2 Å². The molecule has 0 aliphatic heterocycles. The molecule has 1 aliphatic carbocycles. The van der Waals surface area contributed by atoms with E-state index in [1.54, 1.807) is 0 Å². The van der Waals surface area contributed by atoms with E-state index < -0.39 is 10.0 Å². The molecule has 0 spiro atoms. The highest BCUT2D eigenvalue weighted by atomic mass is 32.2. The van der Waals surface area contributed by atoms with Gasteiger partial charge in [0.1, 0.15) is 0 Å². The molecule has 1 saturated carbocycles. The Bertz CT molecular complexity index is 270. The first-order valence-corrected chi connectivity index (χ1v) is 7.31. The molecular weight excluding hydrogens is 214 g/mol. The number of nitrogens with two attached hydrogens (primary N) is 1. The Morgan fingerprint density at radius 3 is 2.47 bits per heavy atom. The Kier molecular flexibility index (Phi) is 5.02. The van der Waals surface area contributed by atoms with Crippen LogP contribution in [0.2, 0.25) is 0 Å². The Morgan fingerprint density at radius 1 is 1.33 bits per heavy atom. The second-order valence-corrected chi connectivity index (χ2v) is 6.19. The molecule has 1 unspecified atom stereocenters. The van der Waals surface area contributed by atoms with E-state index >= 15 is 0 Å². The smallest absolute Gasteiger partial charge is 0.209 e. The molecule has 0 aromatic carbocycles. The molecule has 15 heavy (non-hydrogen) atoms. The van der Waals surface area contributed by atoms with Gasteiger partial charge in [-0.25, -0.2) is 13.6 Å². The van der Waals surface area contributed by atoms with Crippen molar-refractivity contribution in [1.29, 1.82) is 0 Å². The van der Waals surface area contributed by atoms with E-state index in [1.807, 2.05) is 6.92 Å². The van der Waals surface area contributed by atoms with Crippen molar-refractivity contribution in [2.24, 2.45) is 11.1 Å². The summed E-state index contributed by atoms with van der Waals surface area (Å²) in [7, 11) is -3.36.